The molecule has 128 valence electrons. The normalized spacial score (nSPS) is 10.8. The van der Waals surface area contributed by atoms with Crippen LogP contribution in [-0.2, 0) is 0 Å². The highest BCUT2D eigenvalue weighted by Gasteiger charge is 2.14. The average molecular weight is 383 g/mol. The van der Waals surface area contributed by atoms with Crippen LogP contribution in [-0.4, -0.2) is 10.9 Å². The van der Waals surface area contributed by atoms with Crippen molar-refractivity contribution in [3.63, 3.8) is 0 Å². The van der Waals surface area contributed by atoms with Crippen LogP contribution in [0.2, 0.25) is 5.02 Å². The zero-order chi connectivity index (χ0) is 18.1. The van der Waals surface area contributed by atoms with E-state index in [0.29, 0.717) is 32.6 Å². The number of hydrogen-bond acceptors (Lipinski definition) is 5. The first-order valence-electron chi connectivity index (χ1n) is 7.66. The Morgan fingerprint density at radius 1 is 1.12 bits per heavy atom. The first-order chi connectivity index (χ1) is 12.6. The van der Waals surface area contributed by atoms with E-state index in [9.17, 15) is 9.59 Å². The van der Waals surface area contributed by atoms with Crippen LogP contribution in [0.25, 0.3) is 22.2 Å². The minimum atomic E-state index is -0.471. The maximum atomic E-state index is 12.3. The predicted molar refractivity (Wildman–Crippen MR) is 103 cm³/mol. The molecule has 0 fully saturated rings. The fourth-order valence-corrected chi connectivity index (χ4v) is 3.39. The van der Waals surface area contributed by atoms with Gasteiger partial charge in [0.15, 0.2) is 5.13 Å². The van der Waals surface area contributed by atoms with E-state index in [1.807, 2.05) is 12.1 Å². The Hall–Kier alpha value is -2.96. The fourth-order valence-electron chi connectivity index (χ4n) is 2.49. The van der Waals surface area contributed by atoms with Gasteiger partial charge in [-0.1, -0.05) is 35.9 Å². The first-order valence-corrected chi connectivity index (χ1v) is 8.91. The zero-order valence-corrected chi connectivity index (χ0v) is 14.8. The molecule has 26 heavy (non-hydrogen) atoms. The minimum Gasteiger partial charge on any atom is -0.422 e. The van der Waals surface area contributed by atoms with E-state index < -0.39 is 5.63 Å². The van der Waals surface area contributed by atoms with Gasteiger partial charge in [-0.05, 0) is 30.3 Å². The second-order valence-electron chi connectivity index (χ2n) is 5.49. The van der Waals surface area contributed by atoms with Crippen LogP contribution >= 0.6 is 22.9 Å². The van der Waals surface area contributed by atoms with Gasteiger partial charge in [0.05, 0.1) is 11.3 Å². The lowest BCUT2D eigenvalue weighted by atomic mass is 10.1. The molecule has 0 atom stereocenters. The summed E-state index contributed by atoms with van der Waals surface area (Å²) in [5.74, 6) is -0.320. The van der Waals surface area contributed by atoms with E-state index in [1.54, 1.807) is 47.8 Å². The molecule has 0 unspecified atom stereocenters. The van der Waals surface area contributed by atoms with Crippen molar-refractivity contribution in [2.75, 3.05) is 5.32 Å². The summed E-state index contributed by atoms with van der Waals surface area (Å²) in [6.45, 7) is 0. The number of benzene rings is 2. The fraction of sp³-hybridized carbons (Fsp3) is 0. The van der Waals surface area contributed by atoms with Gasteiger partial charge in [-0.15, -0.1) is 11.3 Å². The molecule has 0 aliphatic rings. The van der Waals surface area contributed by atoms with E-state index in [4.69, 9.17) is 16.0 Å². The van der Waals surface area contributed by atoms with Crippen molar-refractivity contribution in [1.82, 2.24) is 4.98 Å². The lowest BCUT2D eigenvalue weighted by Gasteiger charge is -2.02. The molecular weight excluding hydrogens is 372 g/mol. The van der Waals surface area contributed by atoms with Crippen molar-refractivity contribution in [1.29, 1.82) is 0 Å². The van der Waals surface area contributed by atoms with Gasteiger partial charge in [0.2, 0.25) is 0 Å². The number of hydrogen-bond donors (Lipinski definition) is 1. The van der Waals surface area contributed by atoms with Crippen LogP contribution in [0.5, 0.6) is 0 Å². The van der Waals surface area contributed by atoms with Crippen molar-refractivity contribution in [2.24, 2.45) is 0 Å². The largest absolute Gasteiger partial charge is 0.422 e. The molecule has 1 N–H and O–H groups in total. The predicted octanol–water partition coefficient (Wildman–Crippen LogP) is 4.82. The number of nitrogens with one attached hydrogen (secondary N) is 1. The summed E-state index contributed by atoms with van der Waals surface area (Å²) < 4.78 is 5.33. The Labute approximate surface area is 156 Å². The van der Waals surface area contributed by atoms with Crippen LogP contribution in [0, 0.1) is 0 Å². The van der Waals surface area contributed by atoms with Gasteiger partial charge < -0.3 is 4.42 Å². The summed E-state index contributed by atoms with van der Waals surface area (Å²) in [5, 5.41) is 6.08. The molecule has 4 rings (SSSR count). The quantitative estimate of drug-likeness (QED) is 0.515. The third kappa shape index (κ3) is 3.24. The summed E-state index contributed by atoms with van der Waals surface area (Å²) in [5.41, 5.74) is 1.28. The van der Waals surface area contributed by atoms with E-state index in [-0.39, 0.29) is 5.91 Å². The second kappa shape index (κ2) is 6.74. The maximum Gasteiger partial charge on any atom is 0.345 e. The lowest BCUT2D eigenvalue weighted by molar-refractivity contribution is 0.102. The minimum absolute atomic E-state index is 0.320. The van der Waals surface area contributed by atoms with E-state index in [1.165, 1.54) is 11.3 Å². The van der Waals surface area contributed by atoms with Crippen LogP contribution in [0.4, 0.5) is 5.13 Å². The Balaban J connectivity index is 1.63. The second-order valence-corrected chi connectivity index (χ2v) is 6.78. The van der Waals surface area contributed by atoms with Gasteiger partial charge in [0, 0.05) is 21.4 Å². The molecule has 0 aliphatic carbocycles. The highest BCUT2D eigenvalue weighted by atomic mass is 35.5. The number of rotatable bonds is 3. The number of anilines is 1. The SMILES string of the molecule is O=C(Nc1nc(-c2cc3ccccc3oc2=O)cs1)c1cccc(Cl)c1. The number of fused-ring (bicyclic) bond motifs is 1. The van der Waals surface area contributed by atoms with Crippen molar-refractivity contribution >= 4 is 44.9 Å². The number of nitrogens with zero attached hydrogens (tertiary/aromatic N) is 1. The van der Waals surface area contributed by atoms with Crippen LogP contribution in [0.15, 0.2) is 69.2 Å². The average Bonchev–Trinajstić information content (AvgIpc) is 3.09. The Kier molecular flexibility index (Phi) is 4.28. The van der Waals surface area contributed by atoms with Gasteiger partial charge in [0.25, 0.3) is 5.91 Å². The van der Waals surface area contributed by atoms with Gasteiger partial charge >= 0.3 is 5.63 Å². The Morgan fingerprint density at radius 3 is 2.81 bits per heavy atom. The van der Waals surface area contributed by atoms with E-state index >= 15 is 0 Å². The molecule has 2 heterocycles. The number of carbonyl (C=O) groups excluding carboxylic acids is 1. The van der Waals surface area contributed by atoms with Crippen LogP contribution in [0.3, 0.4) is 0 Å². The molecule has 5 nitrogen and oxygen atoms in total. The molecule has 2 aromatic heterocycles. The summed E-state index contributed by atoms with van der Waals surface area (Å²) in [6, 6.07) is 15.6. The standard InChI is InChI=1S/C19H11ClN2O3S/c20-13-6-3-5-12(8-13)17(23)22-19-21-15(10-26-19)14-9-11-4-1-2-7-16(11)25-18(14)24/h1-10H,(H,21,22,23). The number of carbonyl (C=O) groups is 1. The van der Waals surface area contributed by atoms with Gasteiger partial charge in [-0.3, -0.25) is 10.1 Å². The van der Waals surface area contributed by atoms with Crippen molar-refractivity contribution in [2.45, 2.75) is 0 Å². The Bertz CT molecular complexity index is 1180. The molecule has 7 heteroatoms. The highest BCUT2D eigenvalue weighted by molar-refractivity contribution is 7.14. The molecule has 0 bridgehead atoms. The van der Waals surface area contributed by atoms with E-state index in [0.717, 1.165) is 5.39 Å². The van der Waals surface area contributed by atoms with Crippen LogP contribution in [0.1, 0.15) is 10.4 Å². The first kappa shape index (κ1) is 16.5. The van der Waals surface area contributed by atoms with Gasteiger partial charge in [-0.25, -0.2) is 9.78 Å². The molecule has 0 saturated heterocycles. The lowest BCUT2D eigenvalue weighted by Crippen LogP contribution is -2.11. The summed E-state index contributed by atoms with van der Waals surface area (Å²) >= 11 is 7.13. The van der Waals surface area contributed by atoms with Gasteiger partial charge in [-0.2, -0.15) is 0 Å². The highest BCUT2D eigenvalue weighted by Crippen LogP contribution is 2.25. The molecule has 0 saturated carbocycles. The Morgan fingerprint density at radius 2 is 1.96 bits per heavy atom. The number of para-hydroxylation sites is 1. The van der Waals surface area contributed by atoms with Crippen molar-refractivity contribution in [3.05, 3.63) is 81.0 Å². The number of aromatic nitrogens is 1. The number of thiazole rings is 1. The third-order valence-electron chi connectivity index (χ3n) is 3.73. The summed E-state index contributed by atoms with van der Waals surface area (Å²) in [6.07, 6.45) is 0. The summed E-state index contributed by atoms with van der Waals surface area (Å²) in [7, 11) is 0. The smallest absolute Gasteiger partial charge is 0.345 e. The van der Waals surface area contributed by atoms with Crippen LogP contribution < -0.4 is 10.9 Å². The van der Waals surface area contributed by atoms with E-state index in [2.05, 4.69) is 10.3 Å². The monoisotopic (exact) mass is 382 g/mol. The molecule has 2 aromatic carbocycles. The third-order valence-corrected chi connectivity index (χ3v) is 4.72. The molecule has 0 aliphatic heterocycles. The number of halogens is 1. The van der Waals surface area contributed by atoms with Crippen molar-refractivity contribution < 1.29 is 9.21 Å². The van der Waals surface area contributed by atoms with Gasteiger partial charge in [0.1, 0.15) is 5.58 Å². The number of amides is 1. The molecule has 4 aromatic rings. The molecule has 0 radical (unpaired) electrons. The molecule has 1 amide bonds. The maximum absolute atomic E-state index is 12.3. The topological polar surface area (TPSA) is 72.2 Å². The molecular formula is C19H11ClN2O3S. The molecule has 0 spiro atoms. The summed E-state index contributed by atoms with van der Waals surface area (Å²) in [4.78, 5) is 28.8. The van der Waals surface area contributed by atoms with Crippen molar-refractivity contribution in [3.8, 4) is 11.3 Å². The zero-order valence-electron chi connectivity index (χ0n) is 13.2.